The smallest absolute Gasteiger partial charge is 0.369 e. The molecule has 1 spiro atoms. The van der Waals surface area contributed by atoms with Crippen molar-refractivity contribution in [2.75, 3.05) is 50.7 Å². The lowest BCUT2D eigenvalue weighted by Crippen LogP contribution is -2.49. The Bertz CT molecular complexity index is 1030. The average molecular weight is 459 g/mol. The van der Waals surface area contributed by atoms with E-state index < -0.39 is 18.0 Å². The van der Waals surface area contributed by atoms with E-state index in [0.717, 1.165) is 39.0 Å². The molecule has 0 unspecified atom stereocenters. The molecule has 5 rings (SSSR count). The Kier molecular flexibility index (Phi) is 5.91. The summed E-state index contributed by atoms with van der Waals surface area (Å²) in [6.45, 7) is 4.55. The SMILES string of the molecule is N#Cc1ccc(N2C[C@H](CN3CCC4(CCCNC4)CC3)[C@@H](C(F)(F)F)C2)c2nccnc12. The number of alkyl halides is 3. The first-order valence-corrected chi connectivity index (χ1v) is 11.8. The van der Waals surface area contributed by atoms with E-state index in [1.807, 2.05) is 0 Å². The van der Waals surface area contributed by atoms with Crippen LogP contribution in [0.2, 0.25) is 0 Å². The van der Waals surface area contributed by atoms with Crippen LogP contribution in [0, 0.1) is 28.6 Å². The van der Waals surface area contributed by atoms with Gasteiger partial charge in [0, 0.05) is 44.5 Å². The van der Waals surface area contributed by atoms with Crippen molar-refractivity contribution in [2.24, 2.45) is 17.3 Å². The number of fused-ring (bicyclic) bond motifs is 1. The zero-order valence-corrected chi connectivity index (χ0v) is 18.6. The highest BCUT2D eigenvalue weighted by Crippen LogP contribution is 2.42. The zero-order valence-electron chi connectivity index (χ0n) is 18.6. The number of anilines is 1. The molecule has 0 bridgehead atoms. The molecule has 0 amide bonds. The first-order chi connectivity index (χ1) is 15.9. The number of hydrogen-bond donors (Lipinski definition) is 1. The minimum Gasteiger partial charge on any atom is -0.369 e. The Morgan fingerprint density at radius 3 is 2.52 bits per heavy atom. The summed E-state index contributed by atoms with van der Waals surface area (Å²) in [4.78, 5) is 12.6. The van der Waals surface area contributed by atoms with E-state index in [2.05, 4.69) is 26.3 Å². The molecule has 0 saturated carbocycles. The quantitative estimate of drug-likeness (QED) is 0.759. The van der Waals surface area contributed by atoms with Gasteiger partial charge in [0.05, 0.1) is 17.2 Å². The van der Waals surface area contributed by atoms with Crippen molar-refractivity contribution in [3.8, 4) is 6.07 Å². The van der Waals surface area contributed by atoms with Crippen LogP contribution in [-0.2, 0) is 0 Å². The third-order valence-corrected chi connectivity index (χ3v) is 7.90. The number of nitrogens with zero attached hydrogens (tertiary/aromatic N) is 5. The number of halogens is 3. The van der Waals surface area contributed by atoms with Crippen LogP contribution in [-0.4, -0.2) is 66.9 Å². The summed E-state index contributed by atoms with van der Waals surface area (Å²) in [6.07, 6.45) is 3.30. The molecule has 3 saturated heterocycles. The Morgan fingerprint density at radius 1 is 1.09 bits per heavy atom. The molecular formula is C24H29F3N6. The molecule has 0 aliphatic carbocycles. The molecular weight excluding hydrogens is 429 g/mol. The second kappa shape index (κ2) is 8.73. The van der Waals surface area contributed by atoms with Crippen molar-refractivity contribution in [2.45, 2.75) is 31.9 Å². The predicted molar refractivity (Wildman–Crippen MR) is 120 cm³/mol. The molecule has 6 nitrogen and oxygen atoms in total. The lowest BCUT2D eigenvalue weighted by Gasteiger charge is -2.45. The highest BCUT2D eigenvalue weighted by atomic mass is 19.4. The number of benzene rings is 1. The van der Waals surface area contributed by atoms with Gasteiger partial charge in [0.2, 0.25) is 0 Å². The fourth-order valence-electron chi connectivity index (χ4n) is 6.01. The summed E-state index contributed by atoms with van der Waals surface area (Å²) >= 11 is 0. The van der Waals surface area contributed by atoms with E-state index >= 15 is 0 Å². The molecule has 33 heavy (non-hydrogen) atoms. The van der Waals surface area contributed by atoms with Crippen molar-refractivity contribution >= 4 is 16.7 Å². The van der Waals surface area contributed by atoms with Gasteiger partial charge in [-0.25, -0.2) is 0 Å². The zero-order chi connectivity index (χ0) is 23.1. The monoisotopic (exact) mass is 458 g/mol. The molecule has 4 heterocycles. The predicted octanol–water partition coefficient (Wildman–Crippen LogP) is 3.58. The van der Waals surface area contributed by atoms with Crippen molar-refractivity contribution < 1.29 is 13.2 Å². The number of likely N-dealkylation sites (tertiary alicyclic amines) is 1. The Hall–Kier alpha value is -2.44. The molecule has 1 aromatic heterocycles. The number of rotatable bonds is 3. The number of nitriles is 1. The molecule has 3 aliphatic heterocycles. The number of piperidine rings is 2. The van der Waals surface area contributed by atoms with Gasteiger partial charge in [-0.2, -0.15) is 18.4 Å². The van der Waals surface area contributed by atoms with Gasteiger partial charge in [0.1, 0.15) is 17.1 Å². The standard InChI is InChI=1S/C24H29F3N6/c25-24(26,27)19-15-33(20-3-2-17(12-28)21-22(20)31-9-8-30-21)14-18(19)13-32-10-5-23(6-11-32)4-1-7-29-16-23/h2-3,8-9,18-19,29H,1,4-7,10-11,13-16H2/t18-,19-/m0/s1. The lowest BCUT2D eigenvalue weighted by atomic mass is 9.73. The van der Waals surface area contributed by atoms with E-state index in [-0.39, 0.29) is 6.54 Å². The van der Waals surface area contributed by atoms with Crippen molar-refractivity contribution in [3.05, 3.63) is 30.1 Å². The van der Waals surface area contributed by atoms with E-state index in [4.69, 9.17) is 0 Å². The second-order valence-electron chi connectivity index (χ2n) is 9.89. The van der Waals surface area contributed by atoms with Crippen LogP contribution < -0.4 is 10.2 Å². The van der Waals surface area contributed by atoms with Crippen LogP contribution in [0.1, 0.15) is 31.2 Å². The van der Waals surface area contributed by atoms with Gasteiger partial charge in [-0.1, -0.05) is 0 Å². The minimum absolute atomic E-state index is 0.0898. The molecule has 3 fully saturated rings. The maximum Gasteiger partial charge on any atom is 0.393 e. The van der Waals surface area contributed by atoms with Crippen LogP contribution >= 0.6 is 0 Å². The summed E-state index contributed by atoms with van der Waals surface area (Å²) in [5.74, 6) is -1.88. The fraction of sp³-hybridized carbons (Fsp3) is 0.625. The summed E-state index contributed by atoms with van der Waals surface area (Å²) < 4.78 is 42.1. The van der Waals surface area contributed by atoms with E-state index in [1.54, 1.807) is 17.0 Å². The van der Waals surface area contributed by atoms with Gasteiger partial charge >= 0.3 is 6.18 Å². The van der Waals surface area contributed by atoms with E-state index in [0.29, 0.717) is 40.8 Å². The first-order valence-electron chi connectivity index (χ1n) is 11.8. The number of nitrogens with one attached hydrogen (secondary N) is 1. The van der Waals surface area contributed by atoms with Crippen molar-refractivity contribution in [1.29, 1.82) is 5.26 Å². The molecule has 9 heteroatoms. The van der Waals surface area contributed by atoms with Crippen LogP contribution in [0.25, 0.3) is 11.0 Å². The summed E-state index contributed by atoms with van der Waals surface area (Å²) in [6, 6.07) is 5.44. The highest BCUT2D eigenvalue weighted by Gasteiger charge is 2.50. The molecule has 176 valence electrons. The largest absolute Gasteiger partial charge is 0.393 e. The van der Waals surface area contributed by atoms with Gasteiger partial charge in [-0.3, -0.25) is 9.97 Å². The number of hydrogen-bond acceptors (Lipinski definition) is 6. The third kappa shape index (κ3) is 4.38. The Morgan fingerprint density at radius 2 is 1.85 bits per heavy atom. The van der Waals surface area contributed by atoms with Gasteiger partial charge in [-0.05, 0) is 62.9 Å². The van der Waals surface area contributed by atoms with Gasteiger partial charge in [0.25, 0.3) is 0 Å². The minimum atomic E-state index is -4.25. The molecule has 1 aromatic carbocycles. The van der Waals surface area contributed by atoms with Crippen LogP contribution in [0.4, 0.5) is 18.9 Å². The average Bonchev–Trinajstić information content (AvgIpc) is 3.25. The second-order valence-corrected chi connectivity index (χ2v) is 9.89. The molecule has 3 aliphatic rings. The summed E-state index contributed by atoms with van der Waals surface area (Å²) in [5.41, 5.74) is 2.26. The van der Waals surface area contributed by atoms with Gasteiger partial charge in [-0.15, -0.1) is 0 Å². The topological polar surface area (TPSA) is 68.1 Å². The highest BCUT2D eigenvalue weighted by molar-refractivity contribution is 5.92. The molecule has 2 aromatic rings. The van der Waals surface area contributed by atoms with Crippen LogP contribution in [0.3, 0.4) is 0 Å². The van der Waals surface area contributed by atoms with Crippen LogP contribution in [0.5, 0.6) is 0 Å². The Labute approximate surface area is 191 Å². The maximum atomic E-state index is 14.0. The van der Waals surface area contributed by atoms with Gasteiger partial charge in [0.15, 0.2) is 0 Å². The van der Waals surface area contributed by atoms with Crippen molar-refractivity contribution in [1.82, 2.24) is 20.2 Å². The first kappa shape index (κ1) is 22.4. The lowest BCUT2D eigenvalue weighted by molar-refractivity contribution is -0.180. The van der Waals surface area contributed by atoms with Crippen molar-refractivity contribution in [3.63, 3.8) is 0 Å². The van der Waals surface area contributed by atoms with E-state index in [1.165, 1.54) is 25.2 Å². The third-order valence-electron chi connectivity index (χ3n) is 7.90. The molecule has 0 radical (unpaired) electrons. The Balaban J connectivity index is 1.34. The summed E-state index contributed by atoms with van der Waals surface area (Å²) in [7, 11) is 0. The number of aromatic nitrogens is 2. The molecule has 2 atom stereocenters. The fourth-order valence-corrected chi connectivity index (χ4v) is 6.01. The summed E-state index contributed by atoms with van der Waals surface area (Å²) in [5, 5.41) is 12.9. The van der Waals surface area contributed by atoms with Crippen LogP contribution in [0.15, 0.2) is 24.5 Å². The maximum absolute atomic E-state index is 14.0. The van der Waals surface area contributed by atoms with Gasteiger partial charge < -0.3 is 15.1 Å². The molecule has 1 N–H and O–H groups in total. The van der Waals surface area contributed by atoms with E-state index in [9.17, 15) is 18.4 Å². The normalized spacial score (nSPS) is 26.1.